The topological polar surface area (TPSA) is 12.0 Å². The molecule has 0 aromatic carbocycles. The summed E-state index contributed by atoms with van der Waals surface area (Å²) in [5.74, 6) is 1.86. The molecule has 0 amide bonds. The van der Waals surface area contributed by atoms with Crippen molar-refractivity contribution in [1.82, 2.24) is 5.32 Å². The Morgan fingerprint density at radius 1 is 1.36 bits per heavy atom. The Hall–Kier alpha value is -0.300. The van der Waals surface area contributed by atoms with E-state index in [2.05, 4.69) is 25.4 Å². The third kappa shape index (κ3) is 2.20. The first kappa shape index (κ1) is 10.2. The fourth-order valence-electron chi connectivity index (χ4n) is 2.83. The van der Waals surface area contributed by atoms with Crippen molar-refractivity contribution < 1.29 is 0 Å². The van der Waals surface area contributed by atoms with Crippen LogP contribution in [0.1, 0.15) is 45.4 Å². The molecule has 0 aromatic rings. The van der Waals surface area contributed by atoms with Crippen molar-refractivity contribution in [2.45, 2.75) is 51.5 Å². The molecular formula is C13H23N. The van der Waals surface area contributed by atoms with E-state index in [0.717, 1.165) is 11.8 Å². The van der Waals surface area contributed by atoms with Gasteiger partial charge in [0.15, 0.2) is 0 Å². The van der Waals surface area contributed by atoms with Gasteiger partial charge in [-0.3, -0.25) is 0 Å². The number of allylic oxidation sites excluding steroid dienone is 1. The van der Waals surface area contributed by atoms with Crippen LogP contribution >= 0.6 is 0 Å². The summed E-state index contributed by atoms with van der Waals surface area (Å²) in [6.07, 6.45) is 10.9. The molecule has 1 fully saturated rings. The molecule has 2 unspecified atom stereocenters. The second-order valence-electron chi connectivity index (χ2n) is 4.99. The summed E-state index contributed by atoms with van der Waals surface area (Å²) in [4.78, 5) is 0. The highest BCUT2D eigenvalue weighted by atomic mass is 14.9. The van der Waals surface area contributed by atoms with Crippen LogP contribution in [0, 0.1) is 11.8 Å². The zero-order valence-electron chi connectivity index (χ0n) is 9.55. The van der Waals surface area contributed by atoms with Gasteiger partial charge < -0.3 is 5.32 Å². The molecule has 0 saturated heterocycles. The summed E-state index contributed by atoms with van der Waals surface area (Å²) >= 11 is 0. The summed E-state index contributed by atoms with van der Waals surface area (Å²) in [6, 6.07) is 0.669. The Labute approximate surface area is 88.0 Å². The van der Waals surface area contributed by atoms with Crippen LogP contribution < -0.4 is 5.32 Å². The van der Waals surface area contributed by atoms with Gasteiger partial charge >= 0.3 is 0 Å². The summed E-state index contributed by atoms with van der Waals surface area (Å²) in [5, 5.41) is 3.52. The standard InChI is InChI=1S/C13H23N/c1-10(11-8-9-11)13(14-2)12-6-4-3-5-7-12/h6,10-11,13-14H,3-5,7-9H2,1-2H3. The fraction of sp³-hybridized carbons (Fsp3) is 0.846. The second-order valence-corrected chi connectivity index (χ2v) is 4.99. The molecule has 1 nitrogen and oxygen atoms in total. The number of nitrogens with one attached hydrogen (secondary N) is 1. The van der Waals surface area contributed by atoms with Gasteiger partial charge in [-0.1, -0.05) is 18.6 Å². The summed E-state index contributed by atoms with van der Waals surface area (Å²) < 4.78 is 0. The minimum atomic E-state index is 0.669. The van der Waals surface area contributed by atoms with Crippen LogP contribution in [0.25, 0.3) is 0 Å². The quantitative estimate of drug-likeness (QED) is 0.676. The largest absolute Gasteiger partial charge is 0.313 e. The molecule has 2 aliphatic carbocycles. The molecule has 14 heavy (non-hydrogen) atoms. The molecule has 0 bridgehead atoms. The molecular weight excluding hydrogens is 170 g/mol. The number of rotatable bonds is 4. The van der Waals surface area contributed by atoms with Gasteiger partial charge in [0.25, 0.3) is 0 Å². The van der Waals surface area contributed by atoms with E-state index < -0.39 is 0 Å². The van der Waals surface area contributed by atoms with E-state index in [4.69, 9.17) is 0 Å². The van der Waals surface area contributed by atoms with Crippen LogP contribution in [-0.2, 0) is 0 Å². The van der Waals surface area contributed by atoms with Gasteiger partial charge in [-0.2, -0.15) is 0 Å². The van der Waals surface area contributed by atoms with Crippen LogP contribution in [0.2, 0.25) is 0 Å². The Kier molecular flexibility index (Phi) is 3.27. The first-order chi connectivity index (χ1) is 6.83. The Bertz CT molecular complexity index is 215. The summed E-state index contributed by atoms with van der Waals surface area (Å²) in [5.41, 5.74) is 1.69. The van der Waals surface area contributed by atoms with Crippen LogP contribution in [0.15, 0.2) is 11.6 Å². The molecule has 2 aliphatic rings. The minimum Gasteiger partial charge on any atom is -0.313 e. The van der Waals surface area contributed by atoms with E-state index in [1.54, 1.807) is 5.57 Å². The molecule has 0 spiro atoms. The molecule has 0 heterocycles. The smallest absolute Gasteiger partial charge is 0.0305 e. The highest BCUT2D eigenvalue weighted by Gasteiger charge is 2.34. The number of hydrogen-bond acceptors (Lipinski definition) is 1. The second kappa shape index (κ2) is 4.48. The Balaban J connectivity index is 1.99. The van der Waals surface area contributed by atoms with Crippen LogP contribution in [0.3, 0.4) is 0 Å². The lowest BCUT2D eigenvalue weighted by atomic mass is 9.85. The average molecular weight is 193 g/mol. The predicted molar refractivity (Wildman–Crippen MR) is 61.3 cm³/mol. The summed E-state index contributed by atoms with van der Waals surface area (Å²) in [6.45, 7) is 2.42. The summed E-state index contributed by atoms with van der Waals surface area (Å²) in [7, 11) is 2.12. The van der Waals surface area contributed by atoms with Gasteiger partial charge in [0.1, 0.15) is 0 Å². The molecule has 0 radical (unpaired) electrons. The van der Waals surface area contributed by atoms with Crippen molar-refractivity contribution >= 4 is 0 Å². The van der Waals surface area contributed by atoms with E-state index in [-0.39, 0.29) is 0 Å². The van der Waals surface area contributed by atoms with Gasteiger partial charge in [-0.05, 0) is 57.4 Å². The van der Waals surface area contributed by atoms with Gasteiger partial charge in [-0.15, -0.1) is 0 Å². The molecule has 1 heteroatoms. The monoisotopic (exact) mass is 193 g/mol. The van der Waals surface area contributed by atoms with Gasteiger partial charge in [0.05, 0.1) is 0 Å². The van der Waals surface area contributed by atoms with Gasteiger partial charge in [0, 0.05) is 6.04 Å². The average Bonchev–Trinajstić information content (AvgIpc) is 3.03. The van der Waals surface area contributed by atoms with Gasteiger partial charge in [0.2, 0.25) is 0 Å². The van der Waals surface area contributed by atoms with Crippen molar-refractivity contribution in [2.24, 2.45) is 11.8 Å². The minimum absolute atomic E-state index is 0.669. The van der Waals surface area contributed by atoms with Crippen molar-refractivity contribution in [3.8, 4) is 0 Å². The molecule has 80 valence electrons. The van der Waals surface area contributed by atoms with Crippen molar-refractivity contribution in [1.29, 1.82) is 0 Å². The van der Waals surface area contributed by atoms with Crippen molar-refractivity contribution in [2.75, 3.05) is 7.05 Å². The van der Waals surface area contributed by atoms with Crippen molar-refractivity contribution in [3.05, 3.63) is 11.6 Å². The Morgan fingerprint density at radius 3 is 2.64 bits per heavy atom. The zero-order chi connectivity index (χ0) is 9.97. The van der Waals surface area contributed by atoms with Gasteiger partial charge in [-0.25, -0.2) is 0 Å². The molecule has 2 atom stereocenters. The maximum atomic E-state index is 3.52. The molecule has 0 aromatic heterocycles. The molecule has 0 aliphatic heterocycles. The first-order valence-corrected chi connectivity index (χ1v) is 6.19. The predicted octanol–water partition coefficient (Wildman–Crippen LogP) is 3.12. The van der Waals surface area contributed by atoms with Crippen LogP contribution in [0.4, 0.5) is 0 Å². The maximum absolute atomic E-state index is 3.52. The molecule has 1 N–H and O–H groups in total. The van der Waals surface area contributed by atoms with E-state index in [1.807, 2.05) is 0 Å². The highest BCUT2D eigenvalue weighted by molar-refractivity contribution is 5.15. The van der Waals surface area contributed by atoms with Crippen LogP contribution in [0.5, 0.6) is 0 Å². The number of likely N-dealkylation sites (N-methyl/N-ethyl adjacent to an activating group) is 1. The fourth-order valence-corrected chi connectivity index (χ4v) is 2.83. The van der Waals surface area contributed by atoms with E-state index >= 15 is 0 Å². The van der Waals surface area contributed by atoms with E-state index in [0.29, 0.717) is 6.04 Å². The lowest BCUT2D eigenvalue weighted by Crippen LogP contribution is -2.35. The van der Waals surface area contributed by atoms with E-state index in [1.165, 1.54) is 38.5 Å². The molecule has 1 saturated carbocycles. The Morgan fingerprint density at radius 2 is 2.14 bits per heavy atom. The SMILES string of the molecule is CNC(C1=CCCCC1)C(C)C1CC1. The third-order valence-electron chi connectivity index (χ3n) is 3.93. The zero-order valence-corrected chi connectivity index (χ0v) is 9.55. The molecule has 2 rings (SSSR count). The normalized spacial score (nSPS) is 26.9. The lowest BCUT2D eigenvalue weighted by Gasteiger charge is -2.28. The highest BCUT2D eigenvalue weighted by Crippen LogP contribution is 2.40. The van der Waals surface area contributed by atoms with E-state index in [9.17, 15) is 0 Å². The third-order valence-corrected chi connectivity index (χ3v) is 3.93. The lowest BCUT2D eigenvalue weighted by molar-refractivity contribution is 0.385. The first-order valence-electron chi connectivity index (χ1n) is 6.19. The van der Waals surface area contributed by atoms with Crippen LogP contribution in [-0.4, -0.2) is 13.1 Å². The maximum Gasteiger partial charge on any atom is 0.0305 e. The number of hydrogen-bond donors (Lipinski definition) is 1. The van der Waals surface area contributed by atoms with Crippen molar-refractivity contribution in [3.63, 3.8) is 0 Å².